The molecule has 0 aromatic carbocycles. The quantitative estimate of drug-likeness (QED) is 0.466. The molecule has 1 atom stereocenters. The maximum atomic E-state index is 5.50. The summed E-state index contributed by atoms with van der Waals surface area (Å²) in [5.41, 5.74) is 1.06. The number of hydrogen-bond acceptors (Lipinski definition) is 4. The summed E-state index contributed by atoms with van der Waals surface area (Å²) in [5.74, 6) is 3.59. The lowest BCUT2D eigenvalue weighted by atomic mass is 9.97. The van der Waals surface area contributed by atoms with Crippen LogP contribution in [0.15, 0.2) is 15.6 Å². The number of nitrogens with one attached hydrogen (secondary N) is 2. The van der Waals surface area contributed by atoms with Crippen LogP contribution in [0.25, 0.3) is 0 Å². The Labute approximate surface area is 171 Å². The fourth-order valence-electron chi connectivity index (χ4n) is 4.04. The minimum atomic E-state index is 0.480. The van der Waals surface area contributed by atoms with Crippen molar-refractivity contribution in [2.45, 2.75) is 72.8 Å². The Morgan fingerprint density at radius 1 is 1.29 bits per heavy atom. The van der Waals surface area contributed by atoms with Crippen molar-refractivity contribution in [2.24, 2.45) is 16.8 Å². The number of likely N-dealkylation sites (tertiary alicyclic amines) is 1. The van der Waals surface area contributed by atoms with Crippen LogP contribution in [0.5, 0.6) is 0 Å². The van der Waals surface area contributed by atoms with Gasteiger partial charge in [-0.25, -0.2) is 4.99 Å². The number of guanidine groups is 1. The molecular weight excluding hydrogens is 350 g/mol. The van der Waals surface area contributed by atoms with Gasteiger partial charge in [-0.3, -0.25) is 0 Å². The number of aliphatic imine (C=N–C) groups is 1. The number of nitrogens with zero attached hydrogens (tertiary/aromatic N) is 3. The van der Waals surface area contributed by atoms with Crippen LogP contribution in [0.2, 0.25) is 0 Å². The first kappa shape index (κ1) is 22.7. The van der Waals surface area contributed by atoms with Gasteiger partial charge < -0.3 is 20.1 Å². The summed E-state index contributed by atoms with van der Waals surface area (Å²) in [4.78, 5) is 7.32. The average molecular weight is 392 g/mol. The molecule has 2 heterocycles. The van der Waals surface area contributed by atoms with Crippen LogP contribution in [0.1, 0.15) is 77.7 Å². The van der Waals surface area contributed by atoms with E-state index in [-0.39, 0.29) is 0 Å². The molecule has 1 fully saturated rings. The summed E-state index contributed by atoms with van der Waals surface area (Å²) in [5, 5.41) is 11.1. The molecule has 0 spiro atoms. The van der Waals surface area contributed by atoms with Crippen LogP contribution >= 0.6 is 0 Å². The maximum Gasteiger partial charge on any atom is 0.191 e. The number of aromatic nitrogens is 1. The molecule has 0 radical (unpaired) electrons. The summed E-state index contributed by atoms with van der Waals surface area (Å²) in [6, 6.07) is 2.07. The third-order valence-corrected chi connectivity index (χ3v) is 5.50. The van der Waals surface area contributed by atoms with Gasteiger partial charge in [-0.2, -0.15) is 0 Å². The Kier molecular flexibility index (Phi) is 9.82. The lowest BCUT2D eigenvalue weighted by Gasteiger charge is -2.34. The predicted molar refractivity (Wildman–Crippen MR) is 117 cm³/mol. The maximum absolute atomic E-state index is 5.50. The third-order valence-electron chi connectivity index (χ3n) is 5.50. The van der Waals surface area contributed by atoms with Crippen molar-refractivity contribution in [2.75, 3.05) is 32.7 Å². The number of hydrogen-bond donors (Lipinski definition) is 2. The van der Waals surface area contributed by atoms with Crippen LogP contribution in [-0.4, -0.2) is 48.7 Å². The Morgan fingerprint density at radius 3 is 2.75 bits per heavy atom. The van der Waals surface area contributed by atoms with Gasteiger partial charge in [-0.05, 0) is 51.0 Å². The van der Waals surface area contributed by atoms with Gasteiger partial charge in [0.15, 0.2) is 11.7 Å². The van der Waals surface area contributed by atoms with Crippen molar-refractivity contribution in [3.8, 4) is 0 Å². The first-order valence-corrected chi connectivity index (χ1v) is 11.3. The van der Waals surface area contributed by atoms with Crippen LogP contribution < -0.4 is 10.6 Å². The summed E-state index contributed by atoms with van der Waals surface area (Å²) in [6.45, 7) is 17.1. The Balaban J connectivity index is 1.86. The SMILES string of the molecule is CCNC(=NCc1cc(C(CC)CC)no1)NCC1CCCN(CC(C)C)C1. The van der Waals surface area contributed by atoms with E-state index in [1.54, 1.807) is 0 Å². The second-order valence-corrected chi connectivity index (χ2v) is 8.47. The van der Waals surface area contributed by atoms with Gasteiger partial charge in [0.2, 0.25) is 0 Å². The van der Waals surface area contributed by atoms with E-state index in [1.165, 1.54) is 32.5 Å². The first-order valence-electron chi connectivity index (χ1n) is 11.3. The molecule has 2 rings (SSSR count). The molecular formula is C22H41N5O. The second kappa shape index (κ2) is 12.1. The van der Waals surface area contributed by atoms with Crippen LogP contribution in [0.4, 0.5) is 0 Å². The summed E-state index contributed by atoms with van der Waals surface area (Å²) < 4.78 is 5.50. The van der Waals surface area contributed by atoms with Crippen molar-refractivity contribution in [3.63, 3.8) is 0 Å². The van der Waals surface area contributed by atoms with Crippen molar-refractivity contribution < 1.29 is 4.52 Å². The summed E-state index contributed by atoms with van der Waals surface area (Å²) >= 11 is 0. The van der Waals surface area contributed by atoms with Gasteiger partial charge in [0, 0.05) is 38.2 Å². The third kappa shape index (κ3) is 7.46. The zero-order valence-corrected chi connectivity index (χ0v) is 18.6. The zero-order chi connectivity index (χ0) is 20.4. The minimum absolute atomic E-state index is 0.480. The van der Waals surface area contributed by atoms with Crippen LogP contribution in [0, 0.1) is 11.8 Å². The monoisotopic (exact) mass is 391 g/mol. The van der Waals surface area contributed by atoms with E-state index in [0.717, 1.165) is 49.3 Å². The highest BCUT2D eigenvalue weighted by Crippen LogP contribution is 2.22. The van der Waals surface area contributed by atoms with Crippen molar-refractivity contribution in [3.05, 3.63) is 17.5 Å². The van der Waals surface area contributed by atoms with Gasteiger partial charge in [0.05, 0.1) is 5.69 Å². The second-order valence-electron chi connectivity index (χ2n) is 8.47. The lowest BCUT2D eigenvalue weighted by Crippen LogP contribution is -2.45. The van der Waals surface area contributed by atoms with Gasteiger partial charge >= 0.3 is 0 Å². The summed E-state index contributed by atoms with van der Waals surface area (Å²) in [7, 11) is 0. The fourth-order valence-corrected chi connectivity index (χ4v) is 4.04. The van der Waals surface area contributed by atoms with E-state index in [4.69, 9.17) is 9.52 Å². The standard InChI is InChI=1S/C22H41N5O/c1-6-19(7-2)21-12-20(28-26-21)14-25-22(23-8-3)24-13-18-10-9-11-27(16-18)15-17(4)5/h12,17-19H,6-11,13-16H2,1-5H3,(H2,23,24,25). The van der Waals surface area contributed by atoms with Gasteiger partial charge in [0.25, 0.3) is 0 Å². The smallest absolute Gasteiger partial charge is 0.191 e. The molecule has 6 heteroatoms. The topological polar surface area (TPSA) is 65.7 Å². The highest BCUT2D eigenvalue weighted by molar-refractivity contribution is 5.79. The molecule has 2 N–H and O–H groups in total. The molecule has 1 aliphatic heterocycles. The van der Waals surface area contributed by atoms with Crippen LogP contribution in [-0.2, 0) is 6.54 Å². The molecule has 160 valence electrons. The van der Waals surface area contributed by atoms with E-state index in [2.05, 4.69) is 61.4 Å². The predicted octanol–water partition coefficient (Wildman–Crippen LogP) is 4.00. The molecule has 28 heavy (non-hydrogen) atoms. The van der Waals surface area contributed by atoms with E-state index < -0.39 is 0 Å². The Morgan fingerprint density at radius 2 is 2.07 bits per heavy atom. The highest BCUT2D eigenvalue weighted by Gasteiger charge is 2.20. The van der Waals surface area contributed by atoms with Crippen molar-refractivity contribution >= 4 is 5.96 Å². The van der Waals surface area contributed by atoms with Crippen molar-refractivity contribution in [1.82, 2.24) is 20.7 Å². The Bertz CT molecular complexity index is 579. The minimum Gasteiger partial charge on any atom is -0.359 e. The van der Waals surface area contributed by atoms with Crippen molar-refractivity contribution in [1.29, 1.82) is 0 Å². The zero-order valence-electron chi connectivity index (χ0n) is 18.6. The van der Waals surface area contributed by atoms with E-state index in [1.807, 2.05) is 0 Å². The van der Waals surface area contributed by atoms with Gasteiger partial charge in [-0.15, -0.1) is 0 Å². The average Bonchev–Trinajstić information content (AvgIpc) is 3.13. The van der Waals surface area contributed by atoms with E-state index in [9.17, 15) is 0 Å². The molecule has 1 saturated heterocycles. The molecule has 1 aromatic heterocycles. The van der Waals surface area contributed by atoms with Crippen LogP contribution in [0.3, 0.4) is 0 Å². The molecule has 0 aliphatic carbocycles. The molecule has 1 aliphatic rings. The van der Waals surface area contributed by atoms with E-state index >= 15 is 0 Å². The number of piperidine rings is 1. The fraction of sp³-hybridized carbons (Fsp3) is 0.818. The van der Waals surface area contributed by atoms with E-state index in [0.29, 0.717) is 18.4 Å². The van der Waals surface area contributed by atoms with Gasteiger partial charge in [0.1, 0.15) is 6.54 Å². The molecule has 0 bridgehead atoms. The normalized spacial score (nSPS) is 18.8. The molecule has 6 nitrogen and oxygen atoms in total. The molecule has 1 aromatic rings. The number of rotatable bonds is 10. The molecule has 0 amide bonds. The highest BCUT2D eigenvalue weighted by atomic mass is 16.5. The first-order chi connectivity index (χ1) is 13.5. The van der Waals surface area contributed by atoms with Gasteiger partial charge in [-0.1, -0.05) is 32.9 Å². The Hall–Kier alpha value is -1.56. The summed E-state index contributed by atoms with van der Waals surface area (Å²) in [6.07, 6.45) is 4.77. The molecule has 1 unspecified atom stereocenters. The molecule has 0 saturated carbocycles. The largest absolute Gasteiger partial charge is 0.359 e. The lowest BCUT2D eigenvalue weighted by molar-refractivity contribution is 0.159.